The minimum atomic E-state index is -0.402. The summed E-state index contributed by atoms with van der Waals surface area (Å²) in [6.07, 6.45) is 1.58. The molecule has 0 spiro atoms. The van der Waals surface area contributed by atoms with Crippen molar-refractivity contribution < 1.29 is 4.39 Å². The number of nitrogens with zero attached hydrogens (tertiary/aromatic N) is 2. The molecule has 5 heteroatoms. The summed E-state index contributed by atoms with van der Waals surface area (Å²) < 4.78 is 14.9. The van der Waals surface area contributed by atoms with E-state index in [0.717, 1.165) is 16.8 Å². The van der Waals surface area contributed by atoms with Crippen molar-refractivity contribution in [2.24, 2.45) is 5.73 Å². The van der Waals surface area contributed by atoms with E-state index in [9.17, 15) is 4.39 Å². The molecule has 0 aliphatic rings. The van der Waals surface area contributed by atoms with E-state index in [-0.39, 0.29) is 5.82 Å². The van der Waals surface area contributed by atoms with Gasteiger partial charge in [0.15, 0.2) is 0 Å². The van der Waals surface area contributed by atoms with Crippen LogP contribution < -0.4 is 5.73 Å². The summed E-state index contributed by atoms with van der Waals surface area (Å²) in [6, 6.07) is 4.16. The second kappa shape index (κ2) is 5.08. The van der Waals surface area contributed by atoms with Crippen LogP contribution in [0.1, 0.15) is 29.8 Å². The highest BCUT2D eigenvalue weighted by atomic mass is 35.5. The fourth-order valence-corrected chi connectivity index (χ4v) is 2.33. The van der Waals surface area contributed by atoms with Crippen molar-refractivity contribution in [3.63, 3.8) is 0 Å². The topological polar surface area (TPSA) is 43.8 Å². The number of benzene rings is 1. The third kappa shape index (κ3) is 2.26. The highest BCUT2D eigenvalue weighted by Crippen LogP contribution is 2.28. The molecule has 1 heterocycles. The Bertz CT molecular complexity index is 565. The van der Waals surface area contributed by atoms with E-state index in [1.807, 2.05) is 13.8 Å². The van der Waals surface area contributed by atoms with Crippen LogP contribution in [0.2, 0.25) is 5.02 Å². The minimum absolute atomic E-state index is 0.265. The summed E-state index contributed by atoms with van der Waals surface area (Å²) in [7, 11) is 0. The Kier molecular flexibility index (Phi) is 3.68. The third-order valence-electron chi connectivity index (χ3n) is 2.99. The number of halogens is 2. The van der Waals surface area contributed by atoms with E-state index >= 15 is 0 Å². The summed E-state index contributed by atoms with van der Waals surface area (Å²) in [5.41, 5.74) is 8.64. The first kappa shape index (κ1) is 13.1. The zero-order valence-electron chi connectivity index (χ0n) is 10.3. The molecule has 1 aromatic heterocycles. The van der Waals surface area contributed by atoms with Gasteiger partial charge in [-0.1, -0.05) is 17.7 Å². The first-order valence-electron chi connectivity index (χ1n) is 5.77. The van der Waals surface area contributed by atoms with E-state index in [1.165, 1.54) is 12.1 Å². The summed E-state index contributed by atoms with van der Waals surface area (Å²) in [5, 5.41) is 4.69. The Hall–Kier alpha value is -1.39. The number of nitrogens with two attached hydrogens (primary N) is 1. The number of aryl methyl sites for hydroxylation is 2. The highest BCUT2D eigenvalue weighted by Gasteiger charge is 2.19. The largest absolute Gasteiger partial charge is 0.319 e. The van der Waals surface area contributed by atoms with Crippen molar-refractivity contribution in [3.05, 3.63) is 52.1 Å². The first-order chi connectivity index (χ1) is 8.54. The summed E-state index contributed by atoms with van der Waals surface area (Å²) in [4.78, 5) is 0. The molecule has 0 amide bonds. The summed E-state index contributed by atoms with van der Waals surface area (Å²) in [5.74, 6) is -0.265. The highest BCUT2D eigenvalue weighted by molar-refractivity contribution is 6.31. The van der Waals surface area contributed by atoms with Gasteiger partial charge in [-0.25, -0.2) is 4.39 Å². The van der Waals surface area contributed by atoms with Gasteiger partial charge < -0.3 is 5.73 Å². The monoisotopic (exact) mass is 267 g/mol. The Balaban J connectivity index is 2.47. The van der Waals surface area contributed by atoms with Crippen LogP contribution in [-0.2, 0) is 6.54 Å². The number of rotatable bonds is 3. The van der Waals surface area contributed by atoms with Crippen molar-refractivity contribution in [2.75, 3.05) is 0 Å². The average molecular weight is 268 g/mol. The summed E-state index contributed by atoms with van der Waals surface area (Å²) in [6.45, 7) is 4.49. The predicted octanol–water partition coefficient (Wildman–Crippen LogP) is 3.05. The Labute approximate surface area is 110 Å². The van der Waals surface area contributed by atoms with E-state index < -0.39 is 6.04 Å². The zero-order valence-corrected chi connectivity index (χ0v) is 11.1. The molecule has 0 aliphatic carbocycles. The number of hydrogen-bond acceptors (Lipinski definition) is 2. The third-order valence-corrected chi connectivity index (χ3v) is 3.29. The molecule has 0 saturated heterocycles. The lowest BCUT2D eigenvalue weighted by Gasteiger charge is -2.16. The van der Waals surface area contributed by atoms with Crippen LogP contribution >= 0.6 is 11.6 Å². The number of hydrogen-bond donors (Lipinski definition) is 1. The Morgan fingerprint density at radius 3 is 2.83 bits per heavy atom. The van der Waals surface area contributed by atoms with E-state index in [0.29, 0.717) is 11.6 Å². The molecule has 0 aliphatic heterocycles. The van der Waals surface area contributed by atoms with Crippen LogP contribution in [0, 0.1) is 12.7 Å². The van der Waals surface area contributed by atoms with Crippen LogP contribution in [0.25, 0.3) is 0 Å². The molecule has 0 radical (unpaired) electrons. The van der Waals surface area contributed by atoms with Crippen molar-refractivity contribution in [2.45, 2.75) is 26.4 Å². The standard InChI is InChI=1S/C13H15ClFN3/c1-3-18-13(11(14)7-17-18)12(16)10-5-4-9(15)6-8(10)2/h4-7,12H,3,16H2,1-2H3. The van der Waals surface area contributed by atoms with Crippen LogP contribution in [0.4, 0.5) is 4.39 Å². The van der Waals surface area contributed by atoms with Gasteiger partial charge in [0.05, 0.1) is 23.0 Å². The molecule has 2 N–H and O–H groups in total. The van der Waals surface area contributed by atoms with Gasteiger partial charge in [-0.3, -0.25) is 4.68 Å². The van der Waals surface area contributed by atoms with Gasteiger partial charge in [-0.2, -0.15) is 5.10 Å². The van der Waals surface area contributed by atoms with E-state index in [1.54, 1.807) is 16.9 Å². The van der Waals surface area contributed by atoms with Gasteiger partial charge in [0.25, 0.3) is 0 Å². The second-order valence-corrected chi connectivity index (χ2v) is 4.58. The maximum atomic E-state index is 13.1. The summed E-state index contributed by atoms with van der Waals surface area (Å²) >= 11 is 6.11. The SMILES string of the molecule is CCn1ncc(Cl)c1C(N)c1ccc(F)cc1C. The fourth-order valence-electron chi connectivity index (χ4n) is 2.07. The zero-order chi connectivity index (χ0) is 13.3. The van der Waals surface area contributed by atoms with Crippen molar-refractivity contribution in [1.82, 2.24) is 9.78 Å². The van der Waals surface area contributed by atoms with Gasteiger partial charge in [0, 0.05) is 6.54 Å². The minimum Gasteiger partial charge on any atom is -0.319 e. The first-order valence-corrected chi connectivity index (χ1v) is 6.15. The molecule has 2 rings (SSSR count). The molecule has 0 bridgehead atoms. The molecular formula is C13H15ClFN3. The lowest BCUT2D eigenvalue weighted by atomic mass is 9.99. The molecule has 18 heavy (non-hydrogen) atoms. The predicted molar refractivity (Wildman–Crippen MR) is 70.1 cm³/mol. The van der Waals surface area contributed by atoms with Gasteiger partial charge in [-0.15, -0.1) is 0 Å². The molecule has 0 saturated carbocycles. The van der Waals surface area contributed by atoms with Crippen LogP contribution in [0.3, 0.4) is 0 Å². The lowest BCUT2D eigenvalue weighted by Crippen LogP contribution is -2.18. The van der Waals surface area contributed by atoms with Crippen molar-refractivity contribution >= 4 is 11.6 Å². The van der Waals surface area contributed by atoms with Crippen LogP contribution in [0.15, 0.2) is 24.4 Å². The maximum absolute atomic E-state index is 13.1. The molecule has 2 aromatic rings. The number of aromatic nitrogens is 2. The maximum Gasteiger partial charge on any atom is 0.123 e. The quantitative estimate of drug-likeness (QED) is 0.929. The van der Waals surface area contributed by atoms with Gasteiger partial charge in [0.1, 0.15) is 5.82 Å². The second-order valence-electron chi connectivity index (χ2n) is 4.17. The van der Waals surface area contributed by atoms with E-state index in [2.05, 4.69) is 5.10 Å². The normalized spacial score (nSPS) is 12.7. The van der Waals surface area contributed by atoms with Gasteiger partial charge in [0.2, 0.25) is 0 Å². The van der Waals surface area contributed by atoms with Gasteiger partial charge in [-0.05, 0) is 37.1 Å². The molecule has 1 unspecified atom stereocenters. The Morgan fingerprint density at radius 2 is 2.22 bits per heavy atom. The van der Waals surface area contributed by atoms with Crippen molar-refractivity contribution in [3.8, 4) is 0 Å². The van der Waals surface area contributed by atoms with Crippen LogP contribution in [-0.4, -0.2) is 9.78 Å². The fraction of sp³-hybridized carbons (Fsp3) is 0.308. The smallest absolute Gasteiger partial charge is 0.123 e. The molecular weight excluding hydrogens is 253 g/mol. The molecule has 0 fully saturated rings. The molecule has 1 atom stereocenters. The molecule has 3 nitrogen and oxygen atoms in total. The molecule has 1 aromatic carbocycles. The molecule has 96 valence electrons. The Morgan fingerprint density at radius 1 is 1.50 bits per heavy atom. The van der Waals surface area contributed by atoms with E-state index in [4.69, 9.17) is 17.3 Å². The van der Waals surface area contributed by atoms with Crippen LogP contribution in [0.5, 0.6) is 0 Å². The van der Waals surface area contributed by atoms with Crippen molar-refractivity contribution in [1.29, 1.82) is 0 Å². The average Bonchev–Trinajstić information content (AvgIpc) is 2.69. The lowest BCUT2D eigenvalue weighted by molar-refractivity contribution is 0.597. The van der Waals surface area contributed by atoms with Gasteiger partial charge >= 0.3 is 0 Å².